The van der Waals surface area contributed by atoms with Crippen LogP contribution >= 0.6 is 0 Å². The average Bonchev–Trinajstić information content (AvgIpc) is 2.45. The molecule has 1 aromatic carbocycles. The lowest BCUT2D eigenvalue weighted by Gasteiger charge is -2.24. The van der Waals surface area contributed by atoms with E-state index in [9.17, 15) is 9.59 Å². The SMILES string of the molecule is C=CCC(NC(=O)OC(C)(C)C)C(=O)NC(C)c1ccccc1N. The van der Waals surface area contributed by atoms with Crippen LogP contribution in [-0.2, 0) is 9.53 Å². The van der Waals surface area contributed by atoms with E-state index in [0.29, 0.717) is 12.1 Å². The van der Waals surface area contributed by atoms with Gasteiger partial charge in [0.1, 0.15) is 11.6 Å². The van der Waals surface area contributed by atoms with E-state index in [1.54, 1.807) is 32.9 Å². The van der Waals surface area contributed by atoms with Crippen molar-refractivity contribution >= 4 is 17.7 Å². The molecule has 132 valence electrons. The summed E-state index contributed by atoms with van der Waals surface area (Å²) < 4.78 is 5.19. The number of para-hydroxylation sites is 1. The van der Waals surface area contributed by atoms with E-state index in [0.717, 1.165) is 5.56 Å². The number of carbonyl (C=O) groups is 2. The first kappa shape index (κ1) is 19.5. The van der Waals surface area contributed by atoms with Gasteiger partial charge in [0, 0.05) is 5.69 Å². The van der Waals surface area contributed by atoms with Crippen LogP contribution in [0.15, 0.2) is 36.9 Å². The van der Waals surface area contributed by atoms with Crippen LogP contribution in [0.1, 0.15) is 45.7 Å². The highest BCUT2D eigenvalue weighted by molar-refractivity contribution is 5.86. The molecule has 1 rings (SSSR count). The number of hydrogen-bond donors (Lipinski definition) is 3. The van der Waals surface area contributed by atoms with E-state index in [1.165, 1.54) is 0 Å². The van der Waals surface area contributed by atoms with Crippen molar-refractivity contribution in [2.24, 2.45) is 0 Å². The lowest BCUT2D eigenvalue weighted by molar-refractivity contribution is -0.123. The molecule has 24 heavy (non-hydrogen) atoms. The normalized spacial score (nSPS) is 13.5. The van der Waals surface area contributed by atoms with Gasteiger partial charge in [-0.25, -0.2) is 4.79 Å². The predicted molar refractivity (Wildman–Crippen MR) is 95.4 cm³/mol. The molecule has 0 radical (unpaired) electrons. The zero-order valence-corrected chi connectivity index (χ0v) is 14.8. The van der Waals surface area contributed by atoms with E-state index in [4.69, 9.17) is 10.5 Å². The molecule has 6 heteroatoms. The number of nitrogens with two attached hydrogens (primary N) is 1. The Hall–Kier alpha value is -2.50. The third kappa shape index (κ3) is 6.32. The Labute approximate surface area is 143 Å². The molecule has 4 N–H and O–H groups in total. The second kappa shape index (κ2) is 8.38. The van der Waals surface area contributed by atoms with Crippen LogP contribution in [0.5, 0.6) is 0 Å². The smallest absolute Gasteiger partial charge is 0.408 e. The number of alkyl carbamates (subject to hydrolysis) is 1. The third-order valence-corrected chi connectivity index (χ3v) is 3.23. The molecular weight excluding hydrogens is 306 g/mol. The Kier molecular flexibility index (Phi) is 6.82. The van der Waals surface area contributed by atoms with Gasteiger partial charge in [0.2, 0.25) is 5.91 Å². The number of benzene rings is 1. The highest BCUT2D eigenvalue weighted by Gasteiger charge is 2.24. The highest BCUT2D eigenvalue weighted by Crippen LogP contribution is 2.19. The topological polar surface area (TPSA) is 93.4 Å². The van der Waals surface area contributed by atoms with Crippen molar-refractivity contribution in [1.82, 2.24) is 10.6 Å². The Morgan fingerprint density at radius 1 is 1.29 bits per heavy atom. The van der Waals surface area contributed by atoms with Crippen LogP contribution in [0, 0.1) is 0 Å². The quantitative estimate of drug-likeness (QED) is 0.551. The van der Waals surface area contributed by atoms with Crippen LogP contribution in [-0.4, -0.2) is 23.6 Å². The van der Waals surface area contributed by atoms with Crippen molar-refractivity contribution in [3.05, 3.63) is 42.5 Å². The summed E-state index contributed by atoms with van der Waals surface area (Å²) in [5.74, 6) is -0.323. The van der Waals surface area contributed by atoms with Gasteiger partial charge in [-0.2, -0.15) is 0 Å². The summed E-state index contributed by atoms with van der Waals surface area (Å²) in [4.78, 5) is 24.3. The van der Waals surface area contributed by atoms with Crippen LogP contribution < -0.4 is 16.4 Å². The summed E-state index contributed by atoms with van der Waals surface area (Å²) >= 11 is 0. The fourth-order valence-electron chi connectivity index (χ4n) is 2.14. The summed E-state index contributed by atoms with van der Waals surface area (Å²) in [6.45, 7) is 10.7. The van der Waals surface area contributed by atoms with Crippen molar-refractivity contribution in [3.63, 3.8) is 0 Å². The van der Waals surface area contributed by atoms with Crippen LogP contribution in [0.3, 0.4) is 0 Å². The first-order chi connectivity index (χ1) is 11.1. The maximum atomic E-state index is 12.5. The summed E-state index contributed by atoms with van der Waals surface area (Å²) in [6.07, 6.45) is 1.22. The molecule has 2 unspecified atom stereocenters. The highest BCUT2D eigenvalue weighted by atomic mass is 16.6. The number of nitrogen functional groups attached to an aromatic ring is 1. The molecule has 0 saturated heterocycles. The zero-order chi connectivity index (χ0) is 18.3. The summed E-state index contributed by atoms with van der Waals surface area (Å²) in [6, 6.07) is 6.27. The maximum absolute atomic E-state index is 12.5. The molecule has 2 amide bonds. The van der Waals surface area contributed by atoms with E-state index in [-0.39, 0.29) is 11.9 Å². The molecule has 0 spiro atoms. The minimum atomic E-state index is -0.760. The fourth-order valence-corrected chi connectivity index (χ4v) is 2.14. The molecule has 0 aliphatic heterocycles. The van der Waals surface area contributed by atoms with Gasteiger partial charge in [0.05, 0.1) is 6.04 Å². The molecule has 0 aromatic heterocycles. The van der Waals surface area contributed by atoms with Crippen LogP contribution in [0.4, 0.5) is 10.5 Å². The van der Waals surface area contributed by atoms with Gasteiger partial charge in [-0.15, -0.1) is 6.58 Å². The van der Waals surface area contributed by atoms with Gasteiger partial charge in [0.25, 0.3) is 0 Å². The van der Waals surface area contributed by atoms with Crippen LogP contribution in [0.2, 0.25) is 0 Å². The molecule has 6 nitrogen and oxygen atoms in total. The molecule has 0 saturated carbocycles. The summed E-state index contributed by atoms with van der Waals surface area (Å²) in [5, 5.41) is 5.42. The van der Waals surface area contributed by atoms with E-state index in [1.807, 2.05) is 25.1 Å². The lowest BCUT2D eigenvalue weighted by atomic mass is 10.1. The molecule has 2 atom stereocenters. The Morgan fingerprint density at radius 3 is 2.46 bits per heavy atom. The molecule has 0 aliphatic rings. The number of ether oxygens (including phenoxy) is 1. The number of rotatable bonds is 6. The first-order valence-electron chi connectivity index (χ1n) is 7.89. The number of nitrogens with one attached hydrogen (secondary N) is 2. The molecule has 1 aromatic rings. The minimum Gasteiger partial charge on any atom is -0.444 e. The van der Waals surface area contributed by atoms with Crippen molar-refractivity contribution in [2.75, 3.05) is 5.73 Å². The standard InChI is InChI=1S/C18H27N3O3/c1-6-9-15(21-17(23)24-18(3,4)5)16(22)20-12(2)13-10-7-8-11-14(13)19/h6-8,10-12,15H,1,9,19H2,2-5H3,(H,20,22)(H,21,23). The van der Waals surface area contributed by atoms with Crippen molar-refractivity contribution in [3.8, 4) is 0 Å². The summed E-state index contributed by atoms with van der Waals surface area (Å²) in [7, 11) is 0. The Balaban J connectivity index is 2.74. The van der Waals surface area contributed by atoms with E-state index in [2.05, 4.69) is 17.2 Å². The molecule has 0 fully saturated rings. The lowest BCUT2D eigenvalue weighted by Crippen LogP contribution is -2.48. The Morgan fingerprint density at radius 2 is 1.92 bits per heavy atom. The molecular formula is C18H27N3O3. The van der Waals surface area contributed by atoms with Gasteiger partial charge in [-0.3, -0.25) is 4.79 Å². The predicted octanol–water partition coefficient (Wildman–Crippen LogP) is 2.92. The average molecular weight is 333 g/mol. The monoisotopic (exact) mass is 333 g/mol. The second-order valence-electron chi connectivity index (χ2n) is 6.58. The molecule has 0 heterocycles. The number of carbonyl (C=O) groups excluding carboxylic acids is 2. The van der Waals surface area contributed by atoms with Crippen LogP contribution in [0.25, 0.3) is 0 Å². The maximum Gasteiger partial charge on any atom is 0.408 e. The molecule has 0 bridgehead atoms. The van der Waals surface area contributed by atoms with Gasteiger partial charge in [-0.05, 0) is 45.7 Å². The fraction of sp³-hybridized carbons (Fsp3) is 0.444. The second-order valence-corrected chi connectivity index (χ2v) is 6.58. The van der Waals surface area contributed by atoms with Gasteiger partial charge < -0.3 is 21.1 Å². The summed E-state index contributed by atoms with van der Waals surface area (Å²) in [5.41, 5.74) is 6.71. The van der Waals surface area contributed by atoms with E-state index < -0.39 is 17.7 Å². The van der Waals surface area contributed by atoms with Crippen molar-refractivity contribution in [1.29, 1.82) is 0 Å². The first-order valence-corrected chi connectivity index (χ1v) is 7.89. The number of anilines is 1. The number of amides is 2. The zero-order valence-electron chi connectivity index (χ0n) is 14.8. The van der Waals surface area contributed by atoms with Crippen molar-refractivity contribution in [2.45, 2.75) is 51.8 Å². The molecule has 0 aliphatic carbocycles. The van der Waals surface area contributed by atoms with E-state index >= 15 is 0 Å². The van der Waals surface area contributed by atoms with Gasteiger partial charge in [0.15, 0.2) is 0 Å². The Bertz CT molecular complexity index is 593. The largest absolute Gasteiger partial charge is 0.444 e. The minimum absolute atomic E-state index is 0.286. The third-order valence-electron chi connectivity index (χ3n) is 3.23. The van der Waals surface area contributed by atoms with Crippen molar-refractivity contribution < 1.29 is 14.3 Å². The van der Waals surface area contributed by atoms with Gasteiger partial charge >= 0.3 is 6.09 Å². The van der Waals surface area contributed by atoms with Gasteiger partial charge in [-0.1, -0.05) is 24.3 Å². The number of hydrogen-bond acceptors (Lipinski definition) is 4.